The molecule has 1 unspecified atom stereocenters. The number of fused-ring (bicyclic) bond motifs is 1. The molecule has 2 aromatic rings. The third-order valence-corrected chi connectivity index (χ3v) is 3.62. The SMILES string of the molecule is CC(CN=C(N)Nc1ccc2c(c1)OCCCO2)Oc1ccccc1. The van der Waals surface area contributed by atoms with Crippen LogP contribution >= 0.6 is 0 Å². The fourth-order valence-corrected chi connectivity index (χ4v) is 2.42. The molecule has 1 aliphatic heterocycles. The molecule has 0 saturated carbocycles. The zero-order valence-electron chi connectivity index (χ0n) is 14.3. The van der Waals surface area contributed by atoms with Gasteiger partial charge in [0.05, 0.1) is 19.8 Å². The van der Waals surface area contributed by atoms with E-state index in [0.29, 0.717) is 25.7 Å². The summed E-state index contributed by atoms with van der Waals surface area (Å²) >= 11 is 0. The number of rotatable bonds is 5. The van der Waals surface area contributed by atoms with E-state index in [1.165, 1.54) is 0 Å². The van der Waals surface area contributed by atoms with Crippen LogP contribution < -0.4 is 25.3 Å². The summed E-state index contributed by atoms with van der Waals surface area (Å²) < 4.78 is 17.1. The quantitative estimate of drug-likeness (QED) is 0.645. The van der Waals surface area contributed by atoms with E-state index in [4.69, 9.17) is 19.9 Å². The first kappa shape index (κ1) is 17.0. The van der Waals surface area contributed by atoms with Gasteiger partial charge >= 0.3 is 0 Å². The third kappa shape index (κ3) is 5.04. The third-order valence-electron chi connectivity index (χ3n) is 3.62. The Kier molecular flexibility index (Phi) is 5.61. The van der Waals surface area contributed by atoms with Crippen LogP contribution in [0, 0.1) is 0 Å². The number of para-hydroxylation sites is 1. The lowest BCUT2D eigenvalue weighted by Gasteiger charge is -2.13. The molecule has 1 heterocycles. The van der Waals surface area contributed by atoms with Crippen molar-refractivity contribution in [1.29, 1.82) is 0 Å². The molecule has 3 rings (SSSR count). The van der Waals surface area contributed by atoms with Crippen LogP contribution in [-0.2, 0) is 0 Å². The van der Waals surface area contributed by atoms with Crippen LogP contribution in [0.25, 0.3) is 0 Å². The van der Waals surface area contributed by atoms with Crippen LogP contribution in [0.5, 0.6) is 17.2 Å². The van der Waals surface area contributed by atoms with E-state index in [1.807, 2.05) is 55.5 Å². The van der Waals surface area contributed by atoms with Gasteiger partial charge in [-0.1, -0.05) is 18.2 Å². The Morgan fingerprint density at radius 2 is 1.92 bits per heavy atom. The minimum Gasteiger partial charge on any atom is -0.490 e. The van der Waals surface area contributed by atoms with Crippen LogP contribution in [-0.4, -0.2) is 31.8 Å². The second-order valence-corrected chi connectivity index (χ2v) is 5.80. The normalized spacial score (nSPS) is 15.2. The number of guanidine groups is 1. The second kappa shape index (κ2) is 8.28. The molecule has 0 saturated heterocycles. The highest BCUT2D eigenvalue weighted by atomic mass is 16.5. The highest BCUT2D eigenvalue weighted by Crippen LogP contribution is 2.32. The van der Waals surface area contributed by atoms with Crippen molar-refractivity contribution in [2.75, 3.05) is 25.1 Å². The number of hydrogen-bond acceptors (Lipinski definition) is 4. The summed E-state index contributed by atoms with van der Waals surface area (Å²) in [6, 6.07) is 15.3. The fraction of sp³-hybridized carbons (Fsp3) is 0.316. The summed E-state index contributed by atoms with van der Waals surface area (Å²) in [5.74, 6) is 2.62. The van der Waals surface area contributed by atoms with Gasteiger partial charge in [0.2, 0.25) is 0 Å². The first-order valence-corrected chi connectivity index (χ1v) is 8.39. The average Bonchev–Trinajstić information content (AvgIpc) is 2.86. The van der Waals surface area contributed by atoms with Crippen molar-refractivity contribution in [2.24, 2.45) is 10.7 Å². The summed E-state index contributed by atoms with van der Waals surface area (Å²) in [6.45, 7) is 3.73. The first-order chi connectivity index (χ1) is 12.2. The molecular formula is C19H23N3O3. The Labute approximate surface area is 147 Å². The Bertz CT molecular complexity index is 719. The standard InChI is InChI=1S/C19H23N3O3/c1-14(25-16-6-3-2-4-7-16)13-21-19(20)22-15-8-9-17-18(12-15)24-11-5-10-23-17/h2-4,6-9,12,14H,5,10-11,13H2,1H3,(H3,20,21,22). The minimum atomic E-state index is -0.0773. The Morgan fingerprint density at radius 3 is 2.72 bits per heavy atom. The van der Waals surface area contributed by atoms with Gasteiger partial charge < -0.3 is 25.3 Å². The molecule has 0 bridgehead atoms. The molecule has 2 aromatic carbocycles. The molecule has 0 amide bonds. The zero-order chi connectivity index (χ0) is 17.5. The molecule has 25 heavy (non-hydrogen) atoms. The lowest BCUT2D eigenvalue weighted by Crippen LogP contribution is -2.25. The molecule has 1 atom stereocenters. The van der Waals surface area contributed by atoms with Crippen molar-refractivity contribution in [3.05, 3.63) is 48.5 Å². The molecule has 0 fully saturated rings. The second-order valence-electron chi connectivity index (χ2n) is 5.80. The highest BCUT2D eigenvalue weighted by molar-refractivity contribution is 5.92. The van der Waals surface area contributed by atoms with Gasteiger partial charge in [0.25, 0.3) is 0 Å². The van der Waals surface area contributed by atoms with Crippen LogP contribution in [0.1, 0.15) is 13.3 Å². The number of aliphatic imine (C=N–C) groups is 1. The summed E-state index contributed by atoms with van der Waals surface area (Å²) in [5.41, 5.74) is 6.77. The van der Waals surface area contributed by atoms with Crippen LogP contribution in [0.2, 0.25) is 0 Å². The summed E-state index contributed by atoms with van der Waals surface area (Å²) in [5, 5.41) is 3.07. The Balaban J connectivity index is 1.55. The molecule has 0 aromatic heterocycles. The van der Waals surface area contributed by atoms with E-state index in [9.17, 15) is 0 Å². The maximum Gasteiger partial charge on any atom is 0.193 e. The number of hydrogen-bond donors (Lipinski definition) is 2. The van der Waals surface area contributed by atoms with Crippen LogP contribution in [0.3, 0.4) is 0 Å². The van der Waals surface area contributed by atoms with Gasteiger partial charge in [-0.25, -0.2) is 4.99 Å². The van der Waals surface area contributed by atoms with E-state index in [1.54, 1.807) is 0 Å². The number of anilines is 1. The van der Waals surface area contributed by atoms with E-state index in [2.05, 4.69) is 10.3 Å². The van der Waals surface area contributed by atoms with Crippen LogP contribution in [0.4, 0.5) is 5.69 Å². The van der Waals surface area contributed by atoms with Gasteiger partial charge in [-0.05, 0) is 31.2 Å². The van der Waals surface area contributed by atoms with E-state index in [-0.39, 0.29) is 6.10 Å². The highest BCUT2D eigenvalue weighted by Gasteiger charge is 2.11. The van der Waals surface area contributed by atoms with Gasteiger partial charge in [0.1, 0.15) is 11.9 Å². The van der Waals surface area contributed by atoms with Crippen LogP contribution in [0.15, 0.2) is 53.5 Å². The average molecular weight is 341 g/mol. The fourth-order valence-electron chi connectivity index (χ4n) is 2.42. The van der Waals surface area contributed by atoms with Crippen molar-refractivity contribution in [2.45, 2.75) is 19.4 Å². The molecule has 0 radical (unpaired) electrons. The van der Waals surface area contributed by atoms with Crippen molar-refractivity contribution in [3.8, 4) is 17.2 Å². The van der Waals surface area contributed by atoms with Crippen molar-refractivity contribution in [1.82, 2.24) is 0 Å². The van der Waals surface area contributed by atoms with Gasteiger partial charge in [-0.2, -0.15) is 0 Å². The summed E-state index contributed by atoms with van der Waals surface area (Å²) in [7, 11) is 0. The maximum atomic E-state index is 5.97. The zero-order valence-corrected chi connectivity index (χ0v) is 14.3. The predicted molar refractivity (Wildman–Crippen MR) is 98.7 cm³/mol. The first-order valence-electron chi connectivity index (χ1n) is 8.39. The van der Waals surface area contributed by atoms with Crippen molar-refractivity contribution >= 4 is 11.6 Å². The van der Waals surface area contributed by atoms with E-state index >= 15 is 0 Å². The molecule has 1 aliphatic rings. The largest absolute Gasteiger partial charge is 0.490 e. The molecule has 3 N–H and O–H groups in total. The number of benzene rings is 2. The Morgan fingerprint density at radius 1 is 1.16 bits per heavy atom. The van der Waals surface area contributed by atoms with Crippen molar-refractivity contribution in [3.63, 3.8) is 0 Å². The topological polar surface area (TPSA) is 78.1 Å². The van der Waals surface area contributed by atoms with Gasteiger partial charge in [0, 0.05) is 18.2 Å². The molecule has 0 spiro atoms. The molecule has 6 heteroatoms. The van der Waals surface area contributed by atoms with Gasteiger partial charge in [-0.15, -0.1) is 0 Å². The van der Waals surface area contributed by atoms with E-state index < -0.39 is 0 Å². The van der Waals surface area contributed by atoms with Gasteiger partial charge in [-0.3, -0.25) is 0 Å². The Hall–Kier alpha value is -2.89. The molecular weight excluding hydrogens is 318 g/mol. The summed E-state index contributed by atoms with van der Waals surface area (Å²) in [4.78, 5) is 4.33. The molecule has 6 nitrogen and oxygen atoms in total. The number of nitrogens with zero attached hydrogens (tertiary/aromatic N) is 1. The lowest BCUT2D eigenvalue weighted by atomic mass is 10.3. The predicted octanol–water partition coefficient (Wildman–Crippen LogP) is 3.04. The minimum absolute atomic E-state index is 0.0773. The number of nitrogens with two attached hydrogens (primary N) is 1. The summed E-state index contributed by atoms with van der Waals surface area (Å²) in [6.07, 6.45) is 0.798. The maximum absolute atomic E-state index is 5.97. The molecule has 132 valence electrons. The monoisotopic (exact) mass is 341 g/mol. The van der Waals surface area contributed by atoms with E-state index in [0.717, 1.165) is 29.4 Å². The van der Waals surface area contributed by atoms with Crippen molar-refractivity contribution < 1.29 is 14.2 Å². The van der Waals surface area contributed by atoms with Gasteiger partial charge in [0.15, 0.2) is 17.5 Å². The smallest absolute Gasteiger partial charge is 0.193 e. The number of nitrogens with one attached hydrogen (secondary N) is 1. The lowest BCUT2D eigenvalue weighted by molar-refractivity contribution is 0.230. The number of ether oxygens (including phenoxy) is 3. The molecule has 0 aliphatic carbocycles.